The lowest BCUT2D eigenvalue weighted by Gasteiger charge is -2.22. The lowest BCUT2D eigenvalue weighted by molar-refractivity contribution is 0.0134. The summed E-state index contributed by atoms with van der Waals surface area (Å²) in [6.07, 6.45) is 5.20. The van der Waals surface area contributed by atoms with Crippen LogP contribution in [0.2, 0.25) is 0 Å². The van der Waals surface area contributed by atoms with Crippen LogP contribution in [-0.4, -0.2) is 24.2 Å². The zero-order valence-corrected chi connectivity index (χ0v) is 12.1. The van der Waals surface area contributed by atoms with Crippen LogP contribution in [0.4, 0.5) is 5.82 Å². The van der Waals surface area contributed by atoms with Crippen LogP contribution in [0.5, 0.6) is 0 Å². The molecule has 1 fully saturated rings. The number of hydrogen-bond donors (Lipinski definition) is 1. The molecule has 1 aliphatic rings. The molecule has 1 unspecified atom stereocenters. The van der Waals surface area contributed by atoms with Gasteiger partial charge < -0.3 is 10.1 Å². The number of fused-ring (bicyclic) bond motifs is 1. The van der Waals surface area contributed by atoms with Crippen molar-refractivity contribution in [3.8, 4) is 0 Å². The topological polar surface area (TPSA) is 34.1 Å². The van der Waals surface area contributed by atoms with Crippen molar-refractivity contribution < 1.29 is 4.74 Å². The van der Waals surface area contributed by atoms with E-state index in [0.29, 0.717) is 6.10 Å². The van der Waals surface area contributed by atoms with Gasteiger partial charge in [0, 0.05) is 24.2 Å². The van der Waals surface area contributed by atoms with Crippen molar-refractivity contribution in [3.05, 3.63) is 36.0 Å². The summed E-state index contributed by atoms with van der Waals surface area (Å²) >= 11 is 0. The minimum atomic E-state index is 0.423. The van der Waals surface area contributed by atoms with Gasteiger partial charge in [0.05, 0.1) is 6.10 Å². The Morgan fingerprint density at radius 3 is 3.05 bits per heavy atom. The Morgan fingerprint density at radius 2 is 2.20 bits per heavy atom. The standard InChI is InChI=1S/C17H22N2O/c1-13-12-14-6-2-3-8-16(14)17(19-13)18-10-9-15-7-4-5-11-20-15/h2-3,6,8,12,15H,4-5,7,9-11H2,1H3,(H,18,19). The number of benzene rings is 1. The third-order valence-corrected chi connectivity index (χ3v) is 3.90. The van der Waals surface area contributed by atoms with Crippen LogP contribution in [0.1, 0.15) is 31.4 Å². The van der Waals surface area contributed by atoms with Crippen LogP contribution in [-0.2, 0) is 4.74 Å². The van der Waals surface area contributed by atoms with E-state index in [1.807, 2.05) is 6.92 Å². The fourth-order valence-electron chi connectivity index (χ4n) is 2.85. The number of aryl methyl sites for hydroxylation is 1. The SMILES string of the molecule is Cc1cc2ccccc2c(NCCC2CCCCO2)n1. The summed E-state index contributed by atoms with van der Waals surface area (Å²) in [6, 6.07) is 10.5. The van der Waals surface area contributed by atoms with E-state index in [2.05, 4.69) is 40.6 Å². The molecule has 0 bridgehead atoms. The number of rotatable bonds is 4. The Morgan fingerprint density at radius 1 is 1.30 bits per heavy atom. The molecule has 1 aromatic carbocycles. The summed E-state index contributed by atoms with van der Waals surface area (Å²) in [7, 11) is 0. The highest BCUT2D eigenvalue weighted by Crippen LogP contribution is 2.23. The molecule has 0 amide bonds. The lowest BCUT2D eigenvalue weighted by atomic mass is 10.1. The van der Waals surface area contributed by atoms with Crippen LogP contribution in [0, 0.1) is 6.92 Å². The number of ether oxygens (including phenoxy) is 1. The van der Waals surface area contributed by atoms with Crippen molar-refractivity contribution in [2.75, 3.05) is 18.5 Å². The molecule has 0 radical (unpaired) electrons. The van der Waals surface area contributed by atoms with Crippen LogP contribution >= 0.6 is 0 Å². The molecular formula is C17H22N2O. The third kappa shape index (κ3) is 3.10. The largest absolute Gasteiger partial charge is 0.378 e. The van der Waals surface area contributed by atoms with E-state index in [4.69, 9.17) is 4.74 Å². The van der Waals surface area contributed by atoms with Gasteiger partial charge in [-0.25, -0.2) is 4.98 Å². The Labute approximate surface area is 120 Å². The molecule has 3 nitrogen and oxygen atoms in total. The van der Waals surface area contributed by atoms with Crippen LogP contribution in [0.15, 0.2) is 30.3 Å². The molecule has 1 N–H and O–H groups in total. The third-order valence-electron chi connectivity index (χ3n) is 3.90. The van der Waals surface area contributed by atoms with Gasteiger partial charge in [-0.3, -0.25) is 0 Å². The average molecular weight is 270 g/mol. The molecule has 1 aromatic heterocycles. The molecule has 1 saturated heterocycles. The molecule has 106 valence electrons. The van der Waals surface area contributed by atoms with Gasteiger partial charge in [-0.05, 0) is 44.1 Å². The number of nitrogens with one attached hydrogen (secondary N) is 1. The quantitative estimate of drug-likeness (QED) is 0.914. The van der Waals surface area contributed by atoms with Crippen molar-refractivity contribution in [1.29, 1.82) is 0 Å². The van der Waals surface area contributed by atoms with Gasteiger partial charge in [0.25, 0.3) is 0 Å². The normalized spacial score (nSPS) is 19.1. The van der Waals surface area contributed by atoms with Crippen LogP contribution in [0.25, 0.3) is 10.8 Å². The highest BCUT2D eigenvalue weighted by atomic mass is 16.5. The van der Waals surface area contributed by atoms with Crippen molar-refractivity contribution in [2.24, 2.45) is 0 Å². The average Bonchev–Trinajstić information content (AvgIpc) is 2.48. The van der Waals surface area contributed by atoms with Crippen molar-refractivity contribution >= 4 is 16.6 Å². The van der Waals surface area contributed by atoms with E-state index in [-0.39, 0.29) is 0 Å². The molecule has 1 aliphatic heterocycles. The maximum Gasteiger partial charge on any atom is 0.134 e. The maximum absolute atomic E-state index is 5.77. The Hall–Kier alpha value is -1.61. The fraction of sp³-hybridized carbons (Fsp3) is 0.471. The number of pyridine rings is 1. The molecule has 0 spiro atoms. The Kier molecular flexibility index (Phi) is 4.16. The van der Waals surface area contributed by atoms with Crippen molar-refractivity contribution in [3.63, 3.8) is 0 Å². The van der Waals surface area contributed by atoms with E-state index in [0.717, 1.165) is 31.1 Å². The summed E-state index contributed by atoms with van der Waals surface area (Å²) in [5, 5.41) is 5.93. The van der Waals surface area contributed by atoms with E-state index in [9.17, 15) is 0 Å². The van der Waals surface area contributed by atoms with Crippen LogP contribution < -0.4 is 5.32 Å². The maximum atomic E-state index is 5.77. The fourth-order valence-corrected chi connectivity index (χ4v) is 2.85. The number of hydrogen-bond acceptors (Lipinski definition) is 3. The first-order chi connectivity index (χ1) is 9.83. The second kappa shape index (κ2) is 6.23. The van der Waals surface area contributed by atoms with Gasteiger partial charge >= 0.3 is 0 Å². The highest BCUT2D eigenvalue weighted by Gasteiger charge is 2.13. The minimum absolute atomic E-state index is 0.423. The van der Waals surface area contributed by atoms with Gasteiger partial charge in [0.1, 0.15) is 5.82 Å². The summed E-state index contributed by atoms with van der Waals surface area (Å²) in [5.41, 5.74) is 1.06. The van der Waals surface area contributed by atoms with Gasteiger partial charge in [0.15, 0.2) is 0 Å². The van der Waals surface area contributed by atoms with Crippen molar-refractivity contribution in [1.82, 2.24) is 4.98 Å². The first-order valence-corrected chi connectivity index (χ1v) is 7.55. The molecule has 0 saturated carbocycles. The molecule has 3 rings (SSSR count). The Bertz CT molecular complexity index is 576. The smallest absolute Gasteiger partial charge is 0.134 e. The minimum Gasteiger partial charge on any atom is -0.378 e. The monoisotopic (exact) mass is 270 g/mol. The van der Waals surface area contributed by atoms with E-state index in [1.165, 1.54) is 30.0 Å². The van der Waals surface area contributed by atoms with E-state index < -0.39 is 0 Å². The van der Waals surface area contributed by atoms with E-state index >= 15 is 0 Å². The van der Waals surface area contributed by atoms with Gasteiger partial charge in [-0.2, -0.15) is 0 Å². The molecule has 0 aliphatic carbocycles. The molecule has 2 heterocycles. The summed E-state index contributed by atoms with van der Waals surface area (Å²) < 4.78 is 5.77. The zero-order valence-electron chi connectivity index (χ0n) is 12.1. The zero-order chi connectivity index (χ0) is 13.8. The van der Waals surface area contributed by atoms with Crippen molar-refractivity contribution in [2.45, 2.75) is 38.7 Å². The summed E-state index contributed by atoms with van der Waals surface area (Å²) in [5.74, 6) is 0.997. The number of nitrogens with zero attached hydrogens (tertiary/aromatic N) is 1. The number of anilines is 1. The van der Waals surface area contributed by atoms with Gasteiger partial charge in [-0.1, -0.05) is 24.3 Å². The molecule has 1 atom stereocenters. The first-order valence-electron chi connectivity index (χ1n) is 7.55. The number of aromatic nitrogens is 1. The first kappa shape index (κ1) is 13.4. The Balaban J connectivity index is 1.67. The second-order valence-corrected chi connectivity index (χ2v) is 5.54. The van der Waals surface area contributed by atoms with Crippen LogP contribution in [0.3, 0.4) is 0 Å². The van der Waals surface area contributed by atoms with E-state index in [1.54, 1.807) is 0 Å². The second-order valence-electron chi connectivity index (χ2n) is 5.54. The predicted octanol–water partition coefficient (Wildman–Crippen LogP) is 3.91. The molecule has 20 heavy (non-hydrogen) atoms. The molecule has 2 aromatic rings. The van der Waals surface area contributed by atoms with Gasteiger partial charge in [0.2, 0.25) is 0 Å². The highest BCUT2D eigenvalue weighted by molar-refractivity contribution is 5.92. The summed E-state index contributed by atoms with van der Waals surface area (Å²) in [4.78, 5) is 4.63. The predicted molar refractivity (Wildman–Crippen MR) is 83.2 cm³/mol. The lowest BCUT2D eigenvalue weighted by Crippen LogP contribution is -2.22. The van der Waals surface area contributed by atoms with Gasteiger partial charge in [-0.15, -0.1) is 0 Å². The molecule has 3 heteroatoms. The summed E-state index contributed by atoms with van der Waals surface area (Å²) in [6.45, 7) is 3.89. The molecular weight excluding hydrogens is 248 g/mol.